The molecule has 0 aliphatic heterocycles. The topological polar surface area (TPSA) is 105 Å². The molecule has 0 fully saturated rings. The van der Waals surface area contributed by atoms with Gasteiger partial charge in [0.15, 0.2) is 0 Å². The molecule has 0 radical (unpaired) electrons. The number of urea groups is 1. The molecular formula is C12H14N2O5. The van der Waals surface area contributed by atoms with Crippen molar-refractivity contribution in [1.82, 2.24) is 5.32 Å². The lowest BCUT2D eigenvalue weighted by molar-refractivity contribution is -0.140. The highest BCUT2D eigenvalue weighted by atomic mass is 16.5. The molecule has 0 aliphatic carbocycles. The second-order valence-corrected chi connectivity index (χ2v) is 3.59. The van der Waals surface area contributed by atoms with E-state index < -0.39 is 18.0 Å². The van der Waals surface area contributed by atoms with E-state index in [1.165, 1.54) is 31.4 Å². The van der Waals surface area contributed by atoms with Crippen molar-refractivity contribution in [3.8, 4) is 0 Å². The monoisotopic (exact) mass is 266 g/mol. The van der Waals surface area contributed by atoms with Gasteiger partial charge in [0.25, 0.3) is 0 Å². The zero-order chi connectivity index (χ0) is 14.3. The smallest absolute Gasteiger partial charge is 0.335 e. The number of carbonyl (C=O) groups excluding carboxylic acids is 2. The van der Waals surface area contributed by atoms with E-state index in [-0.39, 0.29) is 18.5 Å². The van der Waals surface area contributed by atoms with Crippen LogP contribution in [0.4, 0.5) is 10.5 Å². The van der Waals surface area contributed by atoms with Gasteiger partial charge in [-0.3, -0.25) is 4.79 Å². The number of benzene rings is 1. The molecule has 1 aromatic carbocycles. The van der Waals surface area contributed by atoms with Crippen LogP contribution in [-0.4, -0.2) is 36.7 Å². The lowest BCUT2D eigenvalue weighted by atomic mass is 10.2. The molecule has 0 unspecified atom stereocenters. The van der Waals surface area contributed by atoms with E-state index >= 15 is 0 Å². The number of carbonyl (C=O) groups is 3. The van der Waals surface area contributed by atoms with Crippen molar-refractivity contribution < 1.29 is 24.2 Å². The van der Waals surface area contributed by atoms with Gasteiger partial charge < -0.3 is 20.5 Å². The molecule has 0 aromatic heterocycles. The Morgan fingerprint density at radius 2 is 1.84 bits per heavy atom. The predicted octanol–water partition coefficient (Wildman–Crippen LogP) is 1.07. The summed E-state index contributed by atoms with van der Waals surface area (Å²) in [5, 5.41) is 13.7. The van der Waals surface area contributed by atoms with Crippen LogP contribution in [0.2, 0.25) is 0 Å². The molecule has 7 heteroatoms. The summed E-state index contributed by atoms with van der Waals surface area (Å²) in [6.45, 7) is 0.158. The van der Waals surface area contributed by atoms with Gasteiger partial charge in [-0.2, -0.15) is 0 Å². The van der Waals surface area contributed by atoms with Gasteiger partial charge >= 0.3 is 18.0 Å². The first kappa shape index (κ1) is 14.5. The summed E-state index contributed by atoms with van der Waals surface area (Å²) in [5.74, 6) is -1.44. The minimum atomic E-state index is -1.03. The van der Waals surface area contributed by atoms with Crippen LogP contribution in [0.3, 0.4) is 0 Å². The van der Waals surface area contributed by atoms with Crippen LogP contribution >= 0.6 is 0 Å². The Morgan fingerprint density at radius 1 is 1.21 bits per heavy atom. The van der Waals surface area contributed by atoms with E-state index in [4.69, 9.17) is 5.11 Å². The molecule has 0 saturated carbocycles. The number of carboxylic acid groups (broad SMARTS) is 1. The maximum atomic E-state index is 11.4. The van der Waals surface area contributed by atoms with Gasteiger partial charge in [-0.25, -0.2) is 9.59 Å². The van der Waals surface area contributed by atoms with Crippen molar-refractivity contribution in [2.45, 2.75) is 6.42 Å². The number of nitrogens with one attached hydrogen (secondary N) is 2. The summed E-state index contributed by atoms with van der Waals surface area (Å²) in [4.78, 5) is 32.8. The molecule has 0 aliphatic rings. The van der Waals surface area contributed by atoms with Crippen LogP contribution in [0.15, 0.2) is 24.3 Å². The predicted molar refractivity (Wildman–Crippen MR) is 67.1 cm³/mol. The molecule has 2 amide bonds. The molecule has 3 N–H and O–H groups in total. The zero-order valence-electron chi connectivity index (χ0n) is 10.3. The highest BCUT2D eigenvalue weighted by molar-refractivity contribution is 5.91. The molecule has 7 nitrogen and oxygen atoms in total. The van der Waals surface area contributed by atoms with Crippen molar-refractivity contribution in [3.05, 3.63) is 29.8 Å². The third-order valence-electron chi connectivity index (χ3n) is 2.23. The fraction of sp³-hybridized carbons (Fsp3) is 0.250. The Hall–Kier alpha value is -2.57. The SMILES string of the molecule is COC(=O)CCNC(=O)Nc1ccc(C(=O)O)cc1. The molecule has 1 aromatic rings. The molecule has 0 bridgehead atoms. The van der Waals surface area contributed by atoms with Crippen LogP contribution in [0.5, 0.6) is 0 Å². The van der Waals surface area contributed by atoms with E-state index in [1.807, 2.05) is 0 Å². The Labute approximate surface area is 109 Å². The van der Waals surface area contributed by atoms with Gasteiger partial charge in [-0.1, -0.05) is 0 Å². The Balaban J connectivity index is 2.40. The average molecular weight is 266 g/mol. The van der Waals surface area contributed by atoms with Crippen molar-refractivity contribution in [2.24, 2.45) is 0 Å². The van der Waals surface area contributed by atoms with Gasteiger partial charge in [0.1, 0.15) is 0 Å². The van der Waals surface area contributed by atoms with E-state index in [2.05, 4.69) is 15.4 Å². The summed E-state index contributed by atoms with van der Waals surface area (Å²) in [5.41, 5.74) is 0.595. The van der Waals surface area contributed by atoms with Gasteiger partial charge in [-0.05, 0) is 24.3 Å². The van der Waals surface area contributed by atoms with E-state index in [1.54, 1.807) is 0 Å². The van der Waals surface area contributed by atoms with E-state index in [0.29, 0.717) is 5.69 Å². The minimum absolute atomic E-state index is 0.0852. The van der Waals surface area contributed by atoms with E-state index in [9.17, 15) is 14.4 Å². The highest BCUT2D eigenvalue weighted by Crippen LogP contribution is 2.09. The van der Waals surface area contributed by atoms with Crippen LogP contribution < -0.4 is 10.6 Å². The fourth-order valence-electron chi connectivity index (χ4n) is 1.25. The van der Waals surface area contributed by atoms with Gasteiger partial charge in [0.2, 0.25) is 0 Å². The second-order valence-electron chi connectivity index (χ2n) is 3.59. The first-order valence-electron chi connectivity index (χ1n) is 5.48. The Bertz CT molecular complexity index is 470. The van der Waals surface area contributed by atoms with Crippen molar-refractivity contribution in [3.63, 3.8) is 0 Å². The first-order chi connectivity index (χ1) is 9.02. The van der Waals surface area contributed by atoms with Gasteiger partial charge in [0, 0.05) is 12.2 Å². The number of methoxy groups -OCH3 is 1. The third-order valence-corrected chi connectivity index (χ3v) is 2.23. The molecule has 19 heavy (non-hydrogen) atoms. The van der Waals surface area contributed by atoms with Crippen LogP contribution in [0.25, 0.3) is 0 Å². The number of carboxylic acids is 1. The van der Waals surface area contributed by atoms with Crippen LogP contribution in [0.1, 0.15) is 16.8 Å². The Morgan fingerprint density at radius 3 is 2.37 bits per heavy atom. The molecule has 102 valence electrons. The molecular weight excluding hydrogens is 252 g/mol. The average Bonchev–Trinajstić information content (AvgIpc) is 2.39. The summed E-state index contributed by atoms with van der Waals surface area (Å²) < 4.78 is 4.42. The highest BCUT2D eigenvalue weighted by Gasteiger charge is 2.05. The lowest BCUT2D eigenvalue weighted by Gasteiger charge is -2.07. The second kappa shape index (κ2) is 7.00. The summed E-state index contributed by atoms with van der Waals surface area (Å²) in [6.07, 6.45) is 0.0852. The molecule has 0 atom stereocenters. The molecule has 0 heterocycles. The molecule has 1 rings (SSSR count). The van der Waals surface area contributed by atoms with Crippen molar-refractivity contribution in [1.29, 1.82) is 0 Å². The molecule has 0 spiro atoms. The first-order valence-corrected chi connectivity index (χ1v) is 5.48. The maximum absolute atomic E-state index is 11.4. The normalized spacial score (nSPS) is 9.53. The number of amides is 2. The largest absolute Gasteiger partial charge is 0.478 e. The van der Waals surface area contributed by atoms with Crippen LogP contribution in [-0.2, 0) is 9.53 Å². The summed E-state index contributed by atoms with van der Waals surface area (Å²) in [7, 11) is 1.27. The number of aromatic carboxylic acids is 1. The minimum Gasteiger partial charge on any atom is -0.478 e. The third kappa shape index (κ3) is 5.07. The number of ether oxygens (including phenoxy) is 1. The zero-order valence-corrected chi connectivity index (χ0v) is 10.3. The maximum Gasteiger partial charge on any atom is 0.335 e. The van der Waals surface area contributed by atoms with Crippen molar-refractivity contribution in [2.75, 3.05) is 19.0 Å². The Kier molecular flexibility index (Phi) is 5.34. The summed E-state index contributed by atoms with van der Waals surface area (Å²) >= 11 is 0. The molecule has 0 saturated heterocycles. The van der Waals surface area contributed by atoms with Crippen molar-refractivity contribution >= 4 is 23.7 Å². The fourth-order valence-corrected chi connectivity index (χ4v) is 1.25. The van der Waals surface area contributed by atoms with E-state index in [0.717, 1.165) is 0 Å². The number of anilines is 1. The standard InChI is InChI=1S/C12H14N2O5/c1-19-10(15)6-7-13-12(18)14-9-4-2-8(3-5-9)11(16)17/h2-5H,6-7H2,1H3,(H,16,17)(H2,13,14,18). The quantitative estimate of drug-likeness (QED) is 0.691. The van der Waals surface area contributed by atoms with Crippen LogP contribution in [0, 0.1) is 0 Å². The summed E-state index contributed by atoms with van der Waals surface area (Å²) in [6, 6.07) is 5.23. The number of esters is 1. The number of rotatable bonds is 5. The number of hydrogen-bond donors (Lipinski definition) is 3. The van der Waals surface area contributed by atoms with Gasteiger partial charge in [0.05, 0.1) is 19.1 Å². The lowest BCUT2D eigenvalue weighted by Crippen LogP contribution is -2.30. The van der Waals surface area contributed by atoms with Gasteiger partial charge in [-0.15, -0.1) is 0 Å². The number of hydrogen-bond acceptors (Lipinski definition) is 4.